The van der Waals surface area contributed by atoms with Crippen molar-refractivity contribution >= 4 is 39.1 Å². The second-order valence-electron chi connectivity index (χ2n) is 4.04. The molecular formula is C14H12BrClN2O. The normalized spacial score (nSPS) is 10.2. The molecule has 98 valence electrons. The minimum absolute atomic E-state index is 0.421. The molecule has 0 saturated carbocycles. The predicted molar refractivity (Wildman–Crippen MR) is 81.4 cm³/mol. The number of nitrogens with two attached hydrogens (primary N) is 1. The van der Waals surface area contributed by atoms with E-state index in [1.54, 1.807) is 12.1 Å². The highest BCUT2D eigenvalue weighted by molar-refractivity contribution is 9.10. The number of carbonyl (C=O) groups is 1. The molecule has 0 aliphatic heterocycles. The first-order valence-corrected chi connectivity index (χ1v) is 6.81. The van der Waals surface area contributed by atoms with Gasteiger partial charge in [-0.05, 0) is 35.9 Å². The summed E-state index contributed by atoms with van der Waals surface area (Å²) in [5.41, 5.74) is 7.60. The molecule has 19 heavy (non-hydrogen) atoms. The second kappa shape index (κ2) is 6.08. The summed E-state index contributed by atoms with van der Waals surface area (Å²) in [5, 5.41) is 3.89. The molecule has 0 aliphatic rings. The van der Waals surface area contributed by atoms with E-state index in [0.29, 0.717) is 17.1 Å². The van der Waals surface area contributed by atoms with E-state index in [4.69, 9.17) is 17.3 Å². The molecular weight excluding hydrogens is 328 g/mol. The van der Waals surface area contributed by atoms with E-state index >= 15 is 0 Å². The topological polar surface area (TPSA) is 55.1 Å². The molecule has 0 heterocycles. The molecule has 0 saturated heterocycles. The van der Waals surface area contributed by atoms with Crippen molar-refractivity contribution in [3.05, 3.63) is 63.1 Å². The average Bonchev–Trinajstić information content (AvgIpc) is 2.38. The largest absolute Gasteiger partial charge is 0.380 e. The van der Waals surface area contributed by atoms with Crippen LogP contribution in [-0.2, 0) is 6.54 Å². The molecule has 2 rings (SSSR count). The van der Waals surface area contributed by atoms with E-state index in [-0.39, 0.29) is 0 Å². The first-order chi connectivity index (χ1) is 9.06. The van der Waals surface area contributed by atoms with Gasteiger partial charge < -0.3 is 11.1 Å². The van der Waals surface area contributed by atoms with Crippen LogP contribution in [0.2, 0.25) is 5.02 Å². The molecule has 1 amide bonds. The van der Waals surface area contributed by atoms with Crippen molar-refractivity contribution in [1.29, 1.82) is 0 Å². The summed E-state index contributed by atoms with van der Waals surface area (Å²) in [7, 11) is 0. The van der Waals surface area contributed by atoms with Crippen LogP contribution in [0.5, 0.6) is 0 Å². The molecule has 2 aromatic rings. The zero-order valence-electron chi connectivity index (χ0n) is 9.99. The molecule has 2 aromatic carbocycles. The van der Waals surface area contributed by atoms with Crippen molar-refractivity contribution < 1.29 is 4.79 Å². The van der Waals surface area contributed by atoms with E-state index in [1.807, 2.05) is 30.3 Å². The minimum Gasteiger partial charge on any atom is -0.380 e. The Kier molecular flexibility index (Phi) is 4.45. The van der Waals surface area contributed by atoms with Crippen LogP contribution in [0.25, 0.3) is 0 Å². The summed E-state index contributed by atoms with van der Waals surface area (Å²) >= 11 is 9.47. The first kappa shape index (κ1) is 13.9. The van der Waals surface area contributed by atoms with Crippen LogP contribution in [0.4, 0.5) is 5.69 Å². The van der Waals surface area contributed by atoms with Crippen LogP contribution >= 0.6 is 27.5 Å². The summed E-state index contributed by atoms with van der Waals surface area (Å²) in [6, 6.07) is 12.8. The molecule has 0 atom stereocenters. The maximum atomic E-state index is 11.0. The second-order valence-corrected chi connectivity index (χ2v) is 5.36. The SMILES string of the molecule is NC(=O)c1ccc(CNc2ccc(Br)cc2Cl)cc1. The van der Waals surface area contributed by atoms with Gasteiger partial charge in [0, 0.05) is 16.6 Å². The maximum Gasteiger partial charge on any atom is 0.248 e. The lowest BCUT2D eigenvalue weighted by molar-refractivity contribution is 0.100. The minimum atomic E-state index is -0.421. The fraction of sp³-hybridized carbons (Fsp3) is 0.0714. The van der Waals surface area contributed by atoms with Crippen LogP contribution in [0.1, 0.15) is 15.9 Å². The zero-order chi connectivity index (χ0) is 13.8. The van der Waals surface area contributed by atoms with Crippen LogP contribution in [0, 0.1) is 0 Å². The number of amides is 1. The highest BCUT2D eigenvalue weighted by Crippen LogP contribution is 2.26. The van der Waals surface area contributed by atoms with E-state index in [9.17, 15) is 4.79 Å². The molecule has 0 aromatic heterocycles. The molecule has 0 spiro atoms. The van der Waals surface area contributed by atoms with Crippen LogP contribution in [0.3, 0.4) is 0 Å². The van der Waals surface area contributed by atoms with Gasteiger partial charge in [0.1, 0.15) is 0 Å². The lowest BCUT2D eigenvalue weighted by Gasteiger charge is -2.09. The summed E-state index contributed by atoms with van der Waals surface area (Å²) in [5.74, 6) is -0.421. The molecule has 3 nitrogen and oxygen atoms in total. The van der Waals surface area contributed by atoms with Crippen LogP contribution in [0.15, 0.2) is 46.9 Å². The molecule has 0 radical (unpaired) electrons. The van der Waals surface area contributed by atoms with Gasteiger partial charge in [0.15, 0.2) is 0 Å². The van der Waals surface area contributed by atoms with Crippen molar-refractivity contribution in [1.82, 2.24) is 0 Å². The highest BCUT2D eigenvalue weighted by Gasteiger charge is 2.02. The quantitative estimate of drug-likeness (QED) is 0.890. The van der Waals surface area contributed by atoms with Gasteiger partial charge in [-0.15, -0.1) is 0 Å². The van der Waals surface area contributed by atoms with Gasteiger partial charge in [-0.3, -0.25) is 4.79 Å². The van der Waals surface area contributed by atoms with Gasteiger partial charge in [-0.25, -0.2) is 0 Å². The lowest BCUT2D eigenvalue weighted by Crippen LogP contribution is -2.10. The summed E-state index contributed by atoms with van der Waals surface area (Å²) in [6.45, 7) is 0.625. The Morgan fingerprint density at radius 3 is 2.47 bits per heavy atom. The standard InChI is InChI=1S/C14H12BrClN2O/c15-11-5-6-13(12(16)7-11)18-8-9-1-3-10(4-2-9)14(17)19/h1-7,18H,8H2,(H2,17,19). The Bertz CT molecular complexity index is 599. The molecule has 3 N–H and O–H groups in total. The number of carbonyl (C=O) groups excluding carboxylic acids is 1. The number of anilines is 1. The summed E-state index contributed by atoms with van der Waals surface area (Å²) in [4.78, 5) is 11.0. The fourth-order valence-corrected chi connectivity index (χ4v) is 2.36. The van der Waals surface area contributed by atoms with E-state index in [0.717, 1.165) is 15.7 Å². The van der Waals surface area contributed by atoms with Gasteiger partial charge in [-0.2, -0.15) is 0 Å². The number of nitrogens with one attached hydrogen (secondary N) is 1. The summed E-state index contributed by atoms with van der Waals surface area (Å²) in [6.07, 6.45) is 0. The summed E-state index contributed by atoms with van der Waals surface area (Å²) < 4.78 is 0.939. The van der Waals surface area contributed by atoms with Crippen LogP contribution < -0.4 is 11.1 Å². The number of halogens is 2. The Balaban J connectivity index is 2.04. The number of primary amides is 1. The van der Waals surface area contributed by atoms with Crippen molar-refractivity contribution in [2.75, 3.05) is 5.32 Å². The molecule has 0 unspecified atom stereocenters. The van der Waals surface area contributed by atoms with Crippen molar-refractivity contribution in [2.45, 2.75) is 6.54 Å². The highest BCUT2D eigenvalue weighted by atomic mass is 79.9. The third-order valence-corrected chi connectivity index (χ3v) is 3.46. The van der Waals surface area contributed by atoms with Crippen molar-refractivity contribution in [3.63, 3.8) is 0 Å². The number of hydrogen-bond donors (Lipinski definition) is 2. The van der Waals surface area contributed by atoms with E-state index in [1.165, 1.54) is 0 Å². The van der Waals surface area contributed by atoms with Crippen LogP contribution in [-0.4, -0.2) is 5.91 Å². The zero-order valence-corrected chi connectivity index (χ0v) is 12.3. The Labute approximate surface area is 124 Å². The van der Waals surface area contributed by atoms with Crippen molar-refractivity contribution in [3.8, 4) is 0 Å². The van der Waals surface area contributed by atoms with Gasteiger partial charge in [0.05, 0.1) is 10.7 Å². The van der Waals surface area contributed by atoms with Gasteiger partial charge in [0.25, 0.3) is 0 Å². The fourth-order valence-electron chi connectivity index (χ4n) is 1.62. The molecule has 0 bridgehead atoms. The maximum absolute atomic E-state index is 11.0. The van der Waals surface area contributed by atoms with Gasteiger partial charge in [0.2, 0.25) is 5.91 Å². The van der Waals surface area contributed by atoms with Gasteiger partial charge >= 0.3 is 0 Å². The lowest BCUT2D eigenvalue weighted by atomic mass is 10.1. The molecule has 0 fully saturated rings. The van der Waals surface area contributed by atoms with E-state index < -0.39 is 5.91 Å². The van der Waals surface area contributed by atoms with E-state index in [2.05, 4.69) is 21.2 Å². The first-order valence-electron chi connectivity index (χ1n) is 5.64. The third-order valence-electron chi connectivity index (χ3n) is 2.65. The monoisotopic (exact) mass is 338 g/mol. The smallest absolute Gasteiger partial charge is 0.248 e. The number of hydrogen-bond acceptors (Lipinski definition) is 2. The van der Waals surface area contributed by atoms with Gasteiger partial charge in [-0.1, -0.05) is 39.7 Å². The average molecular weight is 340 g/mol. The molecule has 0 aliphatic carbocycles. The third kappa shape index (κ3) is 3.72. The number of benzene rings is 2. The number of rotatable bonds is 4. The predicted octanol–water partition coefficient (Wildman–Crippen LogP) is 3.81. The molecule has 5 heteroatoms. The Morgan fingerprint density at radius 1 is 1.21 bits per heavy atom. The Hall–Kier alpha value is -1.52. The van der Waals surface area contributed by atoms with Crippen molar-refractivity contribution in [2.24, 2.45) is 5.73 Å². The Morgan fingerprint density at radius 2 is 1.89 bits per heavy atom.